The van der Waals surface area contributed by atoms with Crippen LogP contribution in [0, 0.1) is 6.92 Å². The van der Waals surface area contributed by atoms with Gasteiger partial charge in [0.05, 0.1) is 0 Å². The van der Waals surface area contributed by atoms with E-state index in [1.165, 1.54) is 22.3 Å². The van der Waals surface area contributed by atoms with Crippen LogP contribution in [-0.2, 0) is 13.0 Å². The predicted octanol–water partition coefficient (Wildman–Crippen LogP) is 2.65. The van der Waals surface area contributed by atoms with Crippen molar-refractivity contribution in [1.82, 2.24) is 4.57 Å². The van der Waals surface area contributed by atoms with Crippen molar-refractivity contribution in [3.8, 4) is 11.8 Å². The maximum Gasteiger partial charge on any atom is 0.193 e. The molecule has 1 aromatic carbocycles. The first-order chi connectivity index (χ1) is 9.11. The average molecular weight is 259 g/mol. The van der Waals surface area contributed by atoms with Gasteiger partial charge in [0, 0.05) is 24.2 Å². The SMILES string of the molecule is Cc1cc(C=O)ccc1CCCn1c(O)ccc1O. The van der Waals surface area contributed by atoms with Crippen LogP contribution in [0.5, 0.6) is 11.8 Å². The topological polar surface area (TPSA) is 62.5 Å². The van der Waals surface area contributed by atoms with Crippen LogP contribution in [0.4, 0.5) is 0 Å². The van der Waals surface area contributed by atoms with E-state index in [1.807, 2.05) is 19.1 Å². The van der Waals surface area contributed by atoms with Crippen molar-refractivity contribution in [2.75, 3.05) is 0 Å². The Hall–Kier alpha value is -2.23. The zero-order valence-electron chi connectivity index (χ0n) is 10.8. The third-order valence-electron chi connectivity index (χ3n) is 3.27. The van der Waals surface area contributed by atoms with Crippen LogP contribution in [0.1, 0.15) is 27.9 Å². The normalized spacial score (nSPS) is 10.6. The minimum absolute atomic E-state index is 0.0746. The Bertz CT molecular complexity index is 568. The summed E-state index contributed by atoms with van der Waals surface area (Å²) in [4.78, 5) is 10.7. The van der Waals surface area contributed by atoms with E-state index in [-0.39, 0.29) is 11.8 Å². The summed E-state index contributed by atoms with van der Waals surface area (Å²) in [5.74, 6) is 0.149. The first kappa shape index (κ1) is 13.2. The Balaban J connectivity index is 1.98. The number of aldehydes is 1. The van der Waals surface area contributed by atoms with Crippen LogP contribution in [-0.4, -0.2) is 21.1 Å². The van der Waals surface area contributed by atoms with Crippen molar-refractivity contribution in [3.63, 3.8) is 0 Å². The van der Waals surface area contributed by atoms with Gasteiger partial charge in [-0.3, -0.25) is 9.36 Å². The van der Waals surface area contributed by atoms with E-state index in [0.29, 0.717) is 12.1 Å². The molecule has 0 atom stereocenters. The number of aromatic hydroxyl groups is 2. The lowest BCUT2D eigenvalue weighted by Crippen LogP contribution is -2.00. The molecule has 0 bridgehead atoms. The van der Waals surface area contributed by atoms with Crippen molar-refractivity contribution in [1.29, 1.82) is 0 Å². The molecule has 0 saturated heterocycles. The average Bonchev–Trinajstić information content (AvgIpc) is 2.72. The molecule has 2 rings (SSSR count). The zero-order valence-corrected chi connectivity index (χ0v) is 10.8. The van der Waals surface area contributed by atoms with Gasteiger partial charge in [-0.1, -0.05) is 12.1 Å². The monoisotopic (exact) mass is 259 g/mol. The minimum Gasteiger partial charge on any atom is -0.494 e. The number of aromatic nitrogens is 1. The van der Waals surface area contributed by atoms with Gasteiger partial charge in [-0.2, -0.15) is 0 Å². The second-order valence-electron chi connectivity index (χ2n) is 4.61. The second-order valence-corrected chi connectivity index (χ2v) is 4.61. The van der Waals surface area contributed by atoms with Crippen LogP contribution in [0.25, 0.3) is 0 Å². The molecule has 0 aliphatic heterocycles. The van der Waals surface area contributed by atoms with E-state index in [4.69, 9.17) is 0 Å². The van der Waals surface area contributed by atoms with Crippen LogP contribution in [0.3, 0.4) is 0 Å². The van der Waals surface area contributed by atoms with E-state index in [2.05, 4.69) is 0 Å². The van der Waals surface area contributed by atoms with E-state index in [9.17, 15) is 15.0 Å². The highest BCUT2D eigenvalue weighted by atomic mass is 16.3. The molecule has 0 unspecified atom stereocenters. The van der Waals surface area contributed by atoms with Crippen molar-refractivity contribution in [2.45, 2.75) is 26.3 Å². The van der Waals surface area contributed by atoms with Gasteiger partial charge in [0.25, 0.3) is 0 Å². The van der Waals surface area contributed by atoms with E-state index in [0.717, 1.165) is 24.7 Å². The third kappa shape index (κ3) is 2.96. The number of carbonyl (C=O) groups is 1. The molecule has 100 valence electrons. The fourth-order valence-corrected chi connectivity index (χ4v) is 2.18. The highest BCUT2D eigenvalue weighted by molar-refractivity contribution is 5.75. The molecule has 0 aliphatic rings. The number of rotatable bonds is 5. The molecule has 0 spiro atoms. The maximum absolute atomic E-state index is 10.7. The lowest BCUT2D eigenvalue weighted by atomic mass is 10.0. The quantitative estimate of drug-likeness (QED) is 0.811. The Morgan fingerprint density at radius 1 is 1.16 bits per heavy atom. The third-order valence-corrected chi connectivity index (χ3v) is 3.27. The minimum atomic E-state index is 0.0746. The highest BCUT2D eigenvalue weighted by Gasteiger charge is 2.06. The van der Waals surface area contributed by atoms with E-state index < -0.39 is 0 Å². The van der Waals surface area contributed by atoms with Crippen LogP contribution in [0.2, 0.25) is 0 Å². The molecule has 4 nitrogen and oxygen atoms in total. The number of hydrogen-bond donors (Lipinski definition) is 2. The lowest BCUT2D eigenvalue weighted by molar-refractivity contribution is 0.112. The van der Waals surface area contributed by atoms with Gasteiger partial charge in [0.2, 0.25) is 0 Å². The van der Waals surface area contributed by atoms with Gasteiger partial charge < -0.3 is 10.2 Å². The van der Waals surface area contributed by atoms with Gasteiger partial charge in [-0.15, -0.1) is 0 Å². The molecule has 0 fully saturated rings. The number of benzene rings is 1. The van der Waals surface area contributed by atoms with Crippen LogP contribution >= 0.6 is 0 Å². The second kappa shape index (κ2) is 5.61. The largest absolute Gasteiger partial charge is 0.494 e. The standard InChI is InChI=1S/C15H17NO3/c1-11-9-12(10-17)4-5-13(11)3-2-8-16-14(18)6-7-15(16)19/h4-7,9-10,18-19H,2-3,8H2,1H3. The molecule has 2 N–H and O–H groups in total. The highest BCUT2D eigenvalue weighted by Crippen LogP contribution is 2.22. The molecular weight excluding hydrogens is 242 g/mol. The van der Waals surface area contributed by atoms with Crippen LogP contribution < -0.4 is 0 Å². The first-order valence-corrected chi connectivity index (χ1v) is 6.24. The zero-order chi connectivity index (χ0) is 13.8. The molecule has 0 aliphatic carbocycles. The Morgan fingerprint density at radius 3 is 2.42 bits per heavy atom. The van der Waals surface area contributed by atoms with E-state index in [1.54, 1.807) is 6.07 Å². The molecule has 0 amide bonds. The fourth-order valence-electron chi connectivity index (χ4n) is 2.18. The summed E-state index contributed by atoms with van der Waals surface area (Å²) in [5.41, 5.74) is 2.95. The molecule has 19 heavy (non-hydrogen) atoms. The number of hydrogen-bond acceptors (Lipinski definition) is 3. The Morgan fingerprint density at radius 2 is 1.84 bits per heavy atom. The summed E-state index contributed by atoms with van der Waals surface area (Å²) >= 11 is 0. The molecule has 0 radical (unpaired) electrons. The molecule has 2 aromatic rings. The van der Waals surface area contributed by atoms with Crippen molar-refractivity contribution in [2.24, 2.45) is 0 Å². The molecule has 4 heteroatoms. The number of aryl methyl sites for hydroxylation is 2. The molecule has 1 aromatic heterocycles. The predicted molar refractivity (Wildman–Crippen MR) is 72.6 cm³/mol. The first-order valence-electron chi connectivity index (χ1n) is 6.24. The van der Waals surface area contributed by atoms with Gasteiger partial charge in [0.15, 0.2) is 11.8 Å². The van der Waals surface area contributed by atoms with Crippen LogP contribution in [0.15, 0.2) is 30.3 Å². The number of nitrogens with zero attached hydrogens (tertiary/aromatic N) is 1. The summed E-state index contributed by atoms with van der Waals surface area (Å²) < 4.78 is 1.47. The van der Waals surface area contributed by atoms with Crippen molar-refractivity contribution in [3.05, 3.63) is 47.0 Å². The molecule has 1 heterocycles. The van der Waals surface area contributed by atoms with Gasteiger partial charge in [0.1, 0.15) is 6.29 Å². The van der Waals surface area contributed by atoms with Gasteiger partial charge in [-0.25, -0.2) is 0 Å². The van der Waals surface area contributed by atoms with Crippen molar-refractivity contribution >= 4 is 6.29 Å². The Labute approximate surface area is 111 Å². The Kier molecular flexibility index (Phi) is 3.90. The summed E-state index contributed by atoms with van der Waals surface area (Å²) in [6, 6.07) is 8.57. The summed E-state index contributed by atoms with van der Waals surface area (Å²) in [5, 5.41) is 19.0. The summed E-state index contributed by atoms with van der Waals surface area (Å²) in [6.07, 6.45) is 2.48. The summed E-state index contributed by atoms with van der Waals surface area (Å²) in [7, 11) is 0. The summed E-state index contributed by atoms with van der Waals surface area (Å²) in [6.45, 7) is 2.53. The smallest absolute Gasteiger partial charge is 0.193 e. The lowest BCUT2D eigenvalue weighted by Gasteiger charge is -2.09. The number of carbonyl (C=O) groups excluding carboxylic acids is 1. The maximum atomic E-state index is 10.7. The van der Waals surface area contributed by atoms with Crippen molar-refractivity contribution < 1.29 is 15.0 Å². The molecular formula is C15H17NO3. The van der Waals surface area contributed by atoms with E-state index >= 15 is 0 Å². The molecule has 0 saturated carbocycles. The fraction of sp³-hybridized carbons (Fsp3) is 0.267. The van der Waals surface area contributed by atoms with Gasteiger partial charge >= 0.3 is 0 Å². The van der Waals surface area contributed by atoms with Gasteiger partial charge in [-0.05, 0) is 37.0 Å².